The third-order valence-electron chi connectivity index (χ3n) is 3.41. The molecule has 4 nitrogen and oxygen atoms in total. The molecule has 0 bridgehead atoms. The van der Waals surface area contributed by atoms with Gasteiger partial charge in [0.15, 0.2) is 0 Å². The highest BCUT2D eigenvalue weighted by Crippen LogP contribution is 2.36. The maximum absolute atomic E-state index is 11.4. The Balaban J connectivity index is 1.99. The van der Waals surface area contributed by atoms with Crippen LogP contribution in [0.1, 0.15) is 42.2 Å². The van der Waals surface area contributed by atoms with E-state index in [-0.39, 0.29) is 5.97 Å². The molecule has 0 aliphatic heterocycles. The third-order valence-corrected chi connectivity index (χ3v) is 3.41. The van der Waals surface area contributed by atoms with E-state index in [1.807, 2.05) is 13.0 Å². The summed E-state index contributed by atoms with van der Waals surface area (Å²) in [4.78, 5) is 15.8. The van der Waals surface area contributed by atoms with Crippen molar-refractivity contribution >= 4 is 11.8 Å². The first-order chi connectivity index (χ1) is 8.65. The van der Waals surface area contributed by atoms with Crippen molar-refractivity contribution < 1.29 is 9.53 Å². The number of esters is 1. The van der Waals surface area contributed by atoms with Gasteiger partial charge in [-0.2, -0.15) is 0 Å². The topological polar surface area (TPSA) is 51.2 Å². The number of hydrogen-bond acceptors (Lipinski definition) is 4. The molecule has 1 aromatic rings. The van der Waals surface area contributed by atoms with E-state index in [2.05, 4.69) is 17.2 Å². The zero-order valence-electron chi connectivity index (χ0n) is 11.2. The molecule has 2 unspecified atom stereocenters. The molecule has 0 saturated heterocycles. The largest absolute Gasteiger partial charge is 0.465 e. The van der Waals surface area contributed by atoms with Gasteiger partial charge in [-0.1, -0.05) is 13.3 Å². The number of hydrogen-bond donors (Lipinski definition) is 1. The van der Waals surface area contributed by atoms with Crippen LogP contribution >= 0.6 is 0 Å². The van der Waals surface area contributed by atoms with Gasteiger partial charge >= 0.3 is 5.97 Å². The standard InChI is InChI=1S/C14H20N2O2/c1-4-5-10-8-12(10)16-13-7-6-11(9(2)15-13)14(17)18-3/h6-7,10,12H,4-5,8H2,1-3H3,(H,15,16). The summed E-state index contributed by atoms with van der Waals surface area (Å²) in [5, 5.41) is 3.41. The lowest BCUT2D eigenvalue weighted by atomic mass is 10.2. The van der Waals surface area contributed by atoms with Crippen LogP contribution in [0.4, 0.5) is 5.82 Å². The molecular weight excluding hydrogens is 228 g/mol. The van der Waals surface area contributed by atoms with Crippen LogP contribution < -0.4 is 5.32 Å². The predicted molar refractivity (Wildman–Crippen MR) is 70.7 cm³/mol. The van der Waals surface area contributed by atoms with E-state index in [4.69, 9.17) is 4.74 Å². The minimum absolute atomic E-state index is 0.332. The zero-order chi connectivity index (χ0) is 13.1. The monoisotopic (exact) mass is 248 g/mol. The first-order valence-electron chi connectivity index (χ1n) is 6.48. The SMILES string of the molecule is CCCC1CC1Nc1ccc(C(=O)OC)c(C)n1. The van der Waals surface area contributed by atoms with Crippen molar-refractivity contribution in [1.29, 1.82) is 0 Å². The smallest absolute Gasteiger partial charge is 0.339 e. The summed E-state index contributed by atoms with van der Waals surface area (Å²) in [6.45, 7) is 4.04. The summed E-state index contributed by atoms with van der Waals surface area (Å²) >= 11 is 0. The number of rotatable bonds is 5. The van der Waals surface area contributed by atoms with Crippen LogP contribution in [-0.4, -0.2) is 24.1 Å². The molecule has 1 N–H and O–H groups in total. The molecule has 2 rings (SSSR count). The Morgan fingerprint density at radius 1 is 1.56 bits per heavy atom. The number of carbonyl (C=O) groups is 1. The van der Waals surface area contributed by atoms with E-state index in [1.54, 1.807) is 6.07 Å². The lowest BCUT2D eigenvalue weighted by Crippen LogP contribution is -2.10. The minimum Gasteiger partial charge on any atom is -0.465 e. The number of nitrogens with one attached hydrogen (secondary N) is 1. The number of anilines is 1. The predicted octanol–water partition coefficient (Wildman–Crippen LogP) is 2.78. The Morgan fingerprint density at radius 2 is 2.33 bits per heavy atom. The van der Waals surface area contributed by atoms with Crippen molar-refractivity contribution in [1.82, 2.24) is 4.98 Å². The van der Waals surface area contributed by atoms with Crippen LogP contribution in [0.15, 0.2) is 12.1 Å². The molecule has 18 heavy (non-hydrogen) atoms. The second-order valence-electron chi connectivity index (χ2n) is 4.86. The molecule has 1 aliphatic rings. The Bertz CT molecular complexity index is 445. The first-order valence-corrected chi connectivity index (χ1v) is 6.48. The minimum atomic E-state index is -0.332. The van der Waals surface area contributed by atoms with Crippen LogP contribution in [0, 0.1) is 12.8 Å². The molecular formula is C14H20N2O2. The van der Waals surface area contributed by atoms with Crippen molar-refractivity contribution in [2.75, 3.05) is 12.4 Å². The molecule has 0 aromatic carbocycles. The number of pyridine rings is 1. The Kier molecular flexibility index (Phi) is 3.84. The molecule has 0 radical (unpaired) electrons. The second-order valence-corrected chi connectivity index (χ2v) is 4.86. The van der Waals surface area contributed by atoms with Gasteiger partial charge in [0.25, 0.3) is 0 Å². The Labute approximate surface area is 108 Å². The maximum Gasteiger partial charge on any atom is 0.339 e. The van der Waals surface area contributed by atoms with Crippen molar-refractivity contribution in [3.8, 4) is 0 Å². The van der Waals surface area contributed by atoms with E-state index < -0.39 is 0 Å². The van der Waals surface area contributed by atoms with Gasteiger partial charge in [-0.25, -0.2) is 9.78 Å². The zero-order valence-corrected chi connectivity index (χ0v) is 11.2. The number of ether oxygens (including phenoxy) is 1. The first kappa shape index (κ1) is 12.9. The molecule has 2 atom stereocenters. The summed E-state index contributed by atoms with van der Waals surface area (Å²) in [6.07, 6.45) is 3.74. The molecule has 1 aliphatic carbocycles. The molecule has 4 heteroatoms. The van der Waals surface area contributed by atoms with Gasteiger partial charge < -0.3 is 10.1 Å². The molecule has 0 spiro atoms. The highest BCUT2D eigenvalue weighted by atomic mass is 16.5. The third kappa shape index (κ3) is 2.81. The summed E-state index contributed by atoms with van der Waals surface area (Å²) in [5.74, 6) is 1.31. The average molecular weight is 248 g/mol. The number of aromatic nitrogens is 1. The van der Waals surface area contributed by atoms with E-state index in [1.165, 1.54) is 26.4 Å². The van der Waals surface area contributed by atoms with Crippen LogP contribution in [0.5, 0.6) is 0 Å². The molecule has 98 valence electrons. The lowest BCUT2D eigenvalue weighted by Gasteiger charge is -2.08. The van der Waals surface area contributed by atoms with Gasteiger partial charge in [0, 0.05) is 6.04 Å². The number of carbonyl (C=O) groups excluding carboxylic acids is 1. The highest BCUT2D eigenvalue weighted by Gasteiger charge is 2.36. The second kappa shape index (κ2) is 5.38. The highest BCUT2D eigenvalue weighted by molar-refractivity contribution is 5.90. The summed E-state index contributed by atoms with van der Waals surface area (Å²) in [7, 11) is 1.38. The van der Waals surface area contributed by atoms with E-state index in [0.717, 1.165) is 11.7 Å². The summed E-state index contributed by atoms with van der Waals surface area (Å²) in [6, 6.07) is 4.18. The fourth-order valence-corrected chi connectivity index (χ4v) is 2.27. The Hall–Kier alpha value is -1.58. The fraction of sp³-hybridized carbons (Fsp3) is 0.571. The van der Waals surface area contributed by atoms with Crippen molar-refractivity contribution in [2.24, 2.45) is 5.92 Å². The number of methoxy groups -OCH3 is 1. The van der Waals surface area contributed by atoms with Crippen molar-refractivity contribution in [2.45, 2.75) is 39.2 Å². The summed E-state index contributed by atoms with van der Waals surface area (Å²) in [5.41, 5.74) is 1.24. The van der Waals surface area contributed by atoms with Gasteiger partial charge in [-0.05, 0) is 37.8 Å². The fourth-order valence-electron chi connectivity index (χ4n) is 2.27. The Morgan fingerprint density at radius 3 is 2.94 bits per heavy atom. The number of nitrogens with zero attached hydrogens (tertiary/aromatic N) is 1. The molecule has 1 fully saturated rings. The normalized spacial score (nSPS) is 21.5. The van der Waals surface area contributed by atoms with E-state index in [9.17, 15) is 4.79 Å². The van der Waals surface area contributed by atoms with Crippen LogP contribution in [0.2, 0.25) is 0 Å². The van der Waals surface area contributed by atoms with Crippen LogP contribution in [-0.2, 0) is 4.74 Å². The van der Waals surface area contributed by atoms with E-state index in [0.29, 0.717) is 17.3 Å². The van der Waals surface area contributed by atoms with E-state index >= 15 is 0 Å². The van der Waals surface area contributed by atoms with Crippen LogP contribution in [0.25, 0.3) is 0 Å². The van der Waals surface area contributed by atoms with Gasteiger partial charge in [0.1, 0.15) is 5.82 Å². The quantitative estimate of drug-likeness (QED) is 0.814. The lowest BCUT2D eigenvalue weighted by molar-refractivity contribution is 0.0599. The molecule has 0 amide bonds. The van der Waals surface area contributed by atoms with Gasteiger partial charge in [0.2, 0.25) is 0 Å². The van der Waals surface area contributed by atoms with Gasteiger partial charge in [-0.15, -0.1) is 0 Å². The average Bonchev–Trinajstić information content (AvgIpc) is 3.07. The molecule has 1 aromatic heterocycles. The molecule has 1 heterocycles. The maximum atomic E-state index is 11.4. The summed E-state index contributed by atoms with van der Waals surface area (Å²) < 4.78 is 4.70. The number of aryl methyl sites for hydroxylation is 1. The van der Waals surface area contributed by atoms with Crippen molar-refractivity contribution in [3.05, 3.63) is 23.4 Å². The molecule has 1 saturated carbocycles. The van der Waals surface area contributed by atoms with Crippen molar-refractivity contribution in [3.63, 3.8) is 0 Å². The van der Waals surface area contributed by atoms with Gasteiger partial charge in [-0.3, -0.25) is 0 Å². The van der Waals surface area contributed by atoms with Crippen LogP contribution in [0.3, 0.4) is 0 Å². The van der Waals surface area contributed by atoms with Gasteiger partial charge in [0.05, 0.1) is 18.4 Å².